The van der Waals surface area contributed by atoms with Gasteiger partial charge in [-0.25, -0.2) is 4.79 Å². The van der Waals surface area contributed by atoms with Crippen molar-refractivity contribution in [2.75, 3.05) is 13.2 Å². The van der Waals surface area contributed by atoms with E-state index in [0.717, 1.165) is 32.1 Å². The Morgan fingerprint density at radius 3 is 1.76 bits per heavy atom. The Balaban J connectivity index is -0.0000000482. The molecule has 13 heteroatoms. The van der Waals surface area contributed by atoms with Crippen molar-refractivity contribution in [2.45, 2.75) is 64.9 Å². The van der Waals surface area contributed by atoms with E-state index in [0.29, 0.717) is 6.42 Å². The summed E-state index contributed by atoms with van der Waals surface area (Å²) in [6, 6.07) is 0. The van der Waals surface area contributed by atoms with Crippen molar-refractivity contribution < 1.29 is 120 Å². The van der Waals surface area contributed by atoms with E-state index in [1.165, 1.54) is 6.92 Å². The van der Waals surface area contributed by atoms with E-state index in [1.54, 1.807) is 0 Å². The largest absolute Gasteiger partial charge is 1.00 e. The number of hydrogen-bond acceptors (Lipinski definition) is 9. The first-order valence-electron chi connectivity index (χ1n) is 11.8. The molecule has 0 bridgehead atoms. The summed E-state index contributed by atoms with van der Waals surface area (Å²) in [4.78, 5) is 54.3. The van der Waals surface area contributed by atoms with Gasteiger partial charge in [0.15, 0.2) is 6.10 Å². The Morgan fingerprint density at radius 1 is 0.833 bits per heavy atom. The van der Waals surface area contributed by atoms with Gasteiger partial charge in [-0.1, -0.05) is 39.0 Å². The minimum absolute atomic E-state index is 0. The number of esters is 2. The van der Waals surface area contributed by atoms with Crippen LogP contribution in [0.25, 0.3) is 0 Å². The maximum Gasteiger partial charge on any atom is 1.00 e. The van der Waals surface area contributed by atoms with Gasteiger partial charge < -0.3 is 34.1 Å². The summed E-state index contributed by atoms with van der Waals surface area (Å²) < 4.78 is 24.7. The first-order valence-corrected chi connectivity index (χ1v) is 13.2. The van der Waals surface area contributed by atoms with E-state index in [1.807, 2.05) is 0 Å². The molecule has 0 aliphatic carbocycles. The summed E-state index contributed by atoms with van der Waals surface area (Å²) in [5.74, 6) is 27.9. The van der Waals surface area contributed by atoms with Crippen LogP contribution in [-0.4, -0.2) is 37.2 Å². The molecule has 236 valence electrons. The standard InChI is InChI=1S/C27H25O8P.C2H5NO.2Na.13H2/c1-3-5-7-9-11-12-13-14-15-16-18-19-21-26(28)33-23-25(24-34-36(30,31)32)35-27(29)22-20-17-10-8-6-4-2;1-2(3)4;;;;;;;;;;;;;;;/h1,25H,4,6,8,10,17,20,22-24H2,2H3,(H2,30,31,32);1H3,(H2,3,4);;;13*1H/q;;2*+1;;;;;;;;;;;;;/p-2/t25-;;;;;;;;;;;;;;;;/m1................/s1. The number of terminal acetylenes is 1. The second kappa shape index (κ2) is 32.9. The SMILES string of the molecule is C#CC#CC#CC#CC#CC#CC#CC(=O)OC[C@H](COP(=O)([O-])[O-])OC(=O)CCCCCCCC.CC(N)=O.[HH].[HH].[HH].[HH].[HH].[HH].[HH].[HH].[HH].[HH].[HH].[HH].[HH].[Na+].[Na+]. The van der Waals surface area contributed by atoms with Gasteiger partial charge >= 0.3 is 71.1 Å². The molecule has 0 aromatic carbocycles. The quantitative estimate of drug-likeness (QED) is 0.0568. The molecule has 0 saturated heterocycles. The zero-order chi connectivity index (χ0) is 30.5. The molecule has 0 rings (SSSR count). The van der Waals surface area contributed by atoms with Gasteiger partial charge in [0, 0.05) is 37.8 Å². The number of carbonyl (C=O) groups is 3. The van der Waals surface area contributed by atoms with Gasteiger partial charge in [0.1, 0.15) is 6.61 Å². The zero-order valence-corrected chi connectivity index (χ0v) is 29.1. The van der Waals surface area contributed by atoms with Crippen molar-refractivity contribution >= 4 is 25.7 Å². The summed E-state index contributed by atoms with van der Waals surface area (Å²) in [5, 5.41) is 0. The minimum Gasteiger partial charge on any atom is -0.790 e. The summed E-state index contributed by atoms with van der Waals surface area (Å²) in [7, 11) is -5.31. The molecule has 0 saturated carbocycles. The van der Waals surface area contributed by atoms with Crippen LogP contribution < -0.4 is 74.6 Å². The van der Waals surface area contributed by atoms with Crippen molar-refractivity contribution in [3.63, 3.8) is 0 Å². The molecule has 0 heterocycles. The molecule has 0 radical (unpaired) electrons. The molecule has 1 atom stereocenters. The van der Waals surface area contributed by atoms with Gasteiger partial charge in [0.05, 0.1) is 14.4 Å². The van der Waals surface area contributed by atoms with E-state index < -0.39 is 39.1 Å². The molecule has 0 aromatic heterocycles. The summed E-state index contributed by atoms with van der Waals surface area (Å²) in [6.07, 6.45) is 9.42. The number of ether oxygens (including phenoxy) is 2. The van der Waals surface area contributed by atoms with Gasteiger partial charge in [-0.3, -0.25) is 9.59 Å². The predicted molar refractivity (Wildman–Crippen MR) is 170 cm³/mol. The number of unbranched alkanes of at least 4 members (excludes halogenated alkanes) is 5. The topological polar surface area (TPSA) is 168 Å². The van der Waals surface area contributed by atoms with E-state index >= 15 is 0 Å². The van der Waals surface area contributed by atoms with E-state index in [2.05, 4.69) is 94.1 Å². The fourth-order valence-corrected chi connectivity index (χ4v) is 2.54. The number of phosphoric ester groups is 1. The number of rotatable bonds is 13. The molecule has 10 nitrogen and oxygen atoms in total. The Bertz CT molecular complexity index is 1350. The summed E-state index contributed by atoms with van der Waals surface area (Å²) >= 11 is 0. The predicted octanol–water partition coefficient (Wildman–Crippen LogP) is -2.61. The minimum atomic E-state index is -5.31. The van der Waals surface area contributed by atoms with E-state index in [4.69, 9.17) is 15.9 Å². The first-order chi connectivity index (χ1) is 19.0. The molecule has 1 amide bonds. The Kier molecular flexibility index (Phi) is 36.4. The number of primary amides is 1. The molecule has 0 aliphatic heterocycles. The zero-order valence-electron chi connectivity index (χ0n) is 24.2. The monoisotopic (exact) mass is 637 g/mol. The summed E-state index contributed by atoms with van der Waals surface area (Å²) in [6.45, 7) is 2.05. The number of carbonyl (C=O) groups excluding carboxylic acids is 3. The van der Waals surface area contributed by atoms with Crippen LogP contribution in [0.4, 0.5) is 0 Å². The number of amides is 1. The third-order valence-corrected chi connectivity index (χ3v) is 4.18. The fourth-order valence-electron chi connectivity index (χ4n) is 2.19. The number of nitrogens with two attached hydrogens (primary N) is 1. The molecule has 0 spiro atoms. The number of phosphoric acid groups is 1. The molecular formula is C29H54NNa2O9P. The van der Waals surface area contributed by atoms with Crippen LogP contribution in [0.2, 0.25) is 0 Å². The van der Waals surface area contributed by atoms with Crippen LogP contribution in [-0.2, 0) is 32.9 Å². The van der Waals surface area contributed by atoms with Crippen LogP contribution >= 0.6 is 7.82 Å². The molecule has 0 fully saturated rings. The molecule has 0 unspecified atom stereocenters. The number of hydrogen-bond donors (Lipinski definition) is 1. The second-order valence-corrected chi connectivity index (χ2v) is 8.38. The van der Waals surface area contributed by atoms with Gasteiger partial charge in [-0.05, 0) is 77.5 Å². The van der Waals surface area contributed by atoms with Gasteiger partial charge in [-0.15, -0.1) is 6.42 Å². The smallest absolute Gasteiger partial charge is 0.790 e. The Labute approximate surface area is 311 Å². The molecule has 0 aliphatic rings. The van der Waals surface area contributed by atoms with Crippen molar-refractivity contribution in [1.29, 1.82) is 0 Å². The van der Waals surface area contributed by atoms with Crippen LogP contribution in [0.3, 0.4) is 0 Å². The normalized spacial score (nSPS) is 8.74. The van der Waals surface area contributed by atoms with Gasteiger partial charge in [-0.2, -0.15) is 0 Å². The Hall–Kier alpha value is -2.56. The molecule has 2 N–H and O–H groups in total. The van der Waals surface area contributed by atoms with Crippen molar-refractivity contribution in [3.8, 4) is 83.4 Å². The van der Waals surface area contributed by atoms with Crippen LogP contribution in [0.5, 0.6) is 0 Å². The molecular weight excluding hydrogens is 583 g/mol. The van der Waals surface area contributed by atoms with Crippen LogP contribution in [0.1, 0.15) is 77.3 Å². The van der Waals surface area contributed by atoms with Crippen molar-refractivity contribution in [1.82, 2.24) is 0 Å². The third kappa shape index (κ3) is 41.9. The third-order valence-electron chi connectivity index (χ3n) is 3.71. The molecule has 0 aromatic rings. The maximum atomic E-state index is 12.0. The van der Waals surface area contributed by atoms with Crippen LogP contribution in [0, 0.1) is 83.4 Å². The van der Waals surface area contributed by atoms with E-state index in [9.17, 15) is 28.7 Å². The average molecular weight is 638 g/mol. The van der Waals surface area contributed by atoms with Gasteiger partial charge in [0.2, 0.25) is 5.91 Å². The fraction of sp³-hybridized carbons (Fsp3) is 0.414. The van der Waals surface area contributed by atoms with Crippen molar-refractivity contribution in [3.05, 3.63) is 0 Å². The van der Waals surface area contributed by atoms with Crippen molar-refractivity contribution in [2.24, 2.45) is 5.73 Å². The van der Waals surface area contributed by atoms with E-state index in [-0.39, 0.29) is 90.0 Å². The maximum absolute atomic E-state index is 12.0. The molecule has 42 heavy (non-hydrogen) atoms. The first kappa shape index (κ1) is 46.4. The Morgan fingerprint density at radius 2 is 1.29 bits per heavy atom. The average Bonchev–Trinajstić information content (AvgIpc) is 2.87. The van der Waals surface area contributed by atoms with Crippen LogP contribution in [0.15, 0.2) is 0 Å². The summed E-state index contributed by atoms with van der Waals surface area (Å²) in [5.41, 5.74) is 4.47. The van der Waals surface area contributed by atoms with Gasteiger partial charge in [0.25, 0.3) is 0 Å². The second-order valence-electron chi connectivity index (χ2n) is 7.23.